The van der Waals surface area contributed by atoms with Crippen LogP contribution in [-0.4, -0.2) is 24.5 Å². The zero-order chi connectivity index (χ0) is 11.7. The van der Waals surface area contributed by atoms with Crippen molar-refractivity contribution in [2.24, 2.45) is 5.92 Å². The van der Waals surface area contributed by atoms with Gasteiger partial charge in [0.25, 0.3) is 0 Å². The van der Waals surface area contributed by atoms with Crippen molar-refractivity contribution >= 4 is 0 Å². The minimum absolute atomic E-state index is 0.672. The highest BCUT2D eigenvalue weighted by Gasteiger charge is 2.37. The molecule has 0 bridgehead atoms. The zero-order valence-electron chi connectivity index (χ0n) is 10.9. The molecule has 0 N–H and O–H groups in total. The van der Waals surface area contributed by atoms with Crippen LogP contribution >= 0.6 is 0 Å². The first kappa shape index (κ1) is 11.7. The second-order valence-electron chi connectivity index (χ2n) is 5.23. The third kappa shape index (κ3) is 1.89. The van der Waals surface area contributed by atoms with Crippen LogP contribution in [0, 0.1) is 12.8 Å². The second-order valence-corrected chi connectivity index (χ2v) is 5.23. The lowest BCUT2D eigenvalue weighted by molar-refractivity contribution is 0.316. The number of hydrogen-bond donors (Lipinski definition) is 0. The van der Waals surface area contributed by atoms with Crippen LogP contribution in [0.1, 0.15) is 37.3 Å². The first-order valence-electron chi connectivity index (χ1n) is 6.41. The highest BCUT2D eigenvalue weighted by molar-refractivity contribution is 5.32. The van der Waals surface area contributed by atoms with Gasteiger partial charge in [0.15, 0.2) is 0 Å². The summed E-state index contributed by atoms with van der Waals surface area (Å²) >= 11 is 0. The van der Waals surface area contributed by atoms with Crippen molar-refractivity contribution in [2.75, 3.05) is 13.6 Å². The summed E-state index contributed by atoms with van der Waals surface area (Å²) in [6.07, 6.45) is 1.29. The molecule has 1 saturated heterocycles. The fourth-order valence-electron chi connectivity index (χ4n) is 3.18. The number of benzene rings is 1. The van der Waals surface area contributed by atoms with Crippen molar-refractivity contribution in [2.45, 2.75) is 39.2 Å². The molecule has 3 unspecified atom stereocenters. The van der Waals surface area contributed by atoms with Crippen LogP contribution in [-0.2, 0) is 0 Å². The Morgan fingerprint density at radius 2 is 2.00 bits per heavy atom. The molecular weight excluding hydrogens is 194 g/mol. The summed E-state index contributed by atoms with van der Waals surface area (Å²) < 4.78 is 0. The average molecular weight is 217 g/mol. The maximum atomic E-state index is 2.51. The third-order valence-electron chi connectivity index (χ3n) is 4.32. The van der Waals surface area contributed by atoms with Gasteiger partial charge in [0.2, 0.25) is 0 Å². The molecule has 1 aliphatic rings. The lowest BCUT2D eigenvalue weighted by atomic mass is 9.81. The van der Waals surface area contributed by atoms with Crippen LogP contribution in [0.2, 0.25) is 0 Å². The Morgan fingerprint density at radius 1 is 1.31 bits per heavy atom. The van der Waals surface area contributed by atoms with Crippen molar-refractivity contribution in [1.29, 1.82) is 0 Å². The Morgan fingerprint density at radius 3 is 2.62 bits per heavy atom. The molecule has 0 amide bonds. The van der Waals surface area contributed by atoms with E-state index in [4.69, 9.17) is 0 Å². The number of aryl methyl sites for hydroxylation is 1. The van der Waals surface area contributed by atoms with E-state index >= 15 is 0 Å². The van der Waals surface area contributed by atoms with Gasteiger partial charge in [-0.15, -0.1) is 0 Å². The van der Waals surface area contributed by atoms with Gasteiger partial charge in [-0.1, -0.05) is 37.6 Å². The van der Waals surface area contributed by atoms with E-state index in [-0.39, 0.29) is 0 Å². The van der Waals surface area contributed by atoms with Gasteiger partial charge in [-0.05, 0) is 37.9 Å². The molecule has 0 radical (unpaired) electrons. The van der Waals surface area contributed by atoms with Gasteiger partial charge in [-0.3, -0.25) is 0 Å². The van der Waals surface area contributed by atoms with E-state index in [0.29, 0.717) is 6.04 Å². The Kier molecular flexibility index (Phi) is 3.34. The molecule has 0 aliphatic carbocycles. The molecule has 1 nitrogen and oxygen atoms in total. The van der Waals surface area contributed by atoms with E-state index in [1.807, 2.05) is 0 Å². The fraction of sp³-hybridized carbons (Fsp3) is 0.600. The summed E-state index contributed by atoms with van der Waals surface area (Å²) in [6.45, 7) is 8.18. The highest BCUT2D eigenvalue weighted by Crippen LogP contribution is 2.39. The van der Waals surface area contributed by atoms with E-state index in [0.717, 1.165) is 11.8 Å². The summed E-state index contributed by atoms with van der Waals surface area (Å²) in [7, 11) is 2.26. The summed E-state index contributed by atoms with van der Waals surface area (Å²) in [5, 5.41) is 0. The number of likely N-dealkylation sites (N-methyl/N-ethyl adjacent to an activating group) is 1. The zero-order valence-corrected chi connectivity index (χ0v) is 10.9. The van der Waals surface area contributed by atoms with E-state index in [1.165, 1.54) is 18.5 Å². The molecule has 16 heavy (non-hydrogen) atoms. The minimum atomic E-state index is 0.672. The molecule has 0 saturated carbocycles. The van der Waals surface area contributed by atoms with Gasteiger partial charge in [0.05, 0.1) is 0 Å². The van der Waals surface area contributed by atoms with Crippen LogP contribution in [0.5, 0.6) is 0 Å². The van der Waals surface area contributed by atoms with Crippen molar-refractivity contribution in [3.8, 4) is 0 Å². The molecule has 1 heteroatoms. The maximum absolute atomic E-state index is 2.51. The maximum Gasteiger partial charge on any atom is 0.0136 e. The fourth-order valence-corrected chi connectivity index (χ4v) is 3.18. The van der Waals surface area contributed by atoms with Crippen LogP contribution in [0.3, 0.4) is 0 Å². The second kappa shape index (κ2) is 4.58. The monoisotopic (exact) mass is 217 g/mol. The van der Waals surface area contributed by atoms with Crippen molar-refractivity contribution in [1.82, 2.24) is 4.90 Å². The standard InChI is InChI=1S/C15H23N/c1-5-13-10-16(4)12(3)15(13)14-9-7-6-8-11(14)2/h6-9,12-13,15H,5,10H2,1-4H3. The van der Waals surface area contributed by atoms with E-state index in [2.05, 4.69) is 57.0 Å². The van der Waals surface area contributed by atoms with Crippen molar-refractivity contribution < 1.29 is 0 Å². The van der Waals surface area contributed by atoms with Gasteiger partial charge in [0.1, 0.15) is 0 Å². The molecule has 0 aromatic heterocycles. The predicted molar refractivity (Wildman–Crippen MR) is 69.8 cm³/mol. The average Bonchev–Trinajstić information content (AvgIpc) is 2.56. The largest absolute Gasteiger partial charge is 0.303 e. The molecule has 1 heterocycles. The topological polar surface area (TPSA) is 3.24 Å². The van der Waals surface area contributed by atoms with Gasteiger partial charge in [0, 0.05) is 18.5 Å². The lowest BCUT2D eigenvalue weighted by Gasteiger charge is -2.24. The van der Waals surface area contributed by atoms with Crippen LogP contribution in [0.4, 0.5) is 0 Å². The molecule has 1 fully saturated rings. The quantitative estimate of drug-likeness (QED) is 0.733. The summed E-state index contributed by atoms with van der Waals surface area (Å²) in [5.41, 5.74) is 3.01. The van der Waals surface area contributed by atoms with E-state index < -0.39 is 0 Å². The van der Waals surface area contributed by atoms with Crippen LogP contribution < -0.4 is 0 Å². The number of hydrogen-bond acceptors (Lipinski definition) is 1. The number of rotatable bonds is 2. The molecule has 2 rings (SSSR count). The normalized spacial score (nSPS) is 30.9. The first-order valence-corrected chi connectivity index (χ1v) is 6.41. The SMILES string of the molecule is CCC1CN(C)C(C)C1c1ccccc1C. The van der Waals surface area contributed by atoms with E-state index in [1.54, 1.807) is 5.56 Å². The van der Waals surface area contributed by atoms with Crippen LogP contribution in [0.25, 0.3) is 0 Å². The Hall–Kier alpha value is -0.820. The molecular formula is C15H23N. The summed E-state index contributed by atoms with van der Waals surface area (Å²) in [4.78, 5) is 2.51. The van der Waals surface area contributed by atoms with Crippen molar-refractivity contribution in [3.05, 3.63) is 35.4 Å². The molecule has 0 spiro atoms. The lowest BCUT2D eigenvalue weighted by Crippen LogP contribution is -2.25. The van der Waals surface area contributed by atoms with Crippen LogP contribution in [0.15, 0.2) is 24.3 Å². The number of likely N-dealkylation sites (tertiary alicyclic amines) is 1. The highest BCUT2D eigenvalue weighted by atomic mass is 15.2. The molecule has 1 aromatic carbocycles. The Bertz CT molecular complexity index is 358. The molecule has 1 aromatic rings. The summed E-state index contributed by atoms with van der Waals surface area (Å²) in [6, 6.07) is 9.56. The molecule has 3 atom stereocenters. The smallest absolute Gasteiger partial charge is 0.0136 e. The van der Waals surface area contributed by atoms with E-state index in [9.17, 15) is 0 Å². The van der Waals surface area contributed by atoms with Gasteiger partial charge < -0.3 is 4.90 Å². The van der Waals surface area contributed by atoms with Gasteiger partial charge >= 0.3 is 0 Å². The van der Waals surface area contributed by atoms with Gasteiger partial charge in [-0.25, -0.2) is 0 Å². The van der Waals surface area contributed by atoms with Crippen molar-refractivity contribution in [3.63, 3.8) is 0 Å². The molecule has 88 valence electrons. The summed E-state index contributed by atoms with van der Waals surface area (Å²) in [5.74, 6) is 1.54. The number of nitrogens with zero attached hydrogens (tertiary/aromatic N) is 1. The predicted octanol–water partition coefficient (Wildman–Crippen LogP) is 3.44. The third-order valence-corrected chi connectivity index (χ3v) is 4.32. The first-order chi connectivity index (χ1) is 7.65. The Balaban J connectivity index is 2.35. The molecule has 1 aliphatic heterocycles. The van der Waals surface area contributed by atoms with Gasteiger partial charge in [-0.2, -0.15) is 0 Å². The Labute approximate surface area is 99.5 Å². The minimum Gasteiger partial charge on any atom is -0.303 e.